The highest BCUT2D eigenvalue weighted by atomic mass is 35.5. The third-order valence-corrected chi connectivity index (χ3v) is 20.4. The van der Waals surface area contributed by atoms with Crippen molar-refractivity contribution in [2.24, 2.45) is 0 Å². The van der Waals surface area contributed by atoms with E-state index >= 15 is 0 Å². The molecule has 2 aliphatic heterocycles. The quantitative estimate of drug-likeness (QED) is 0.173. The topological polar surface area (TPSA) is 127 Å². The molecular formula is C88H49ClN8O4. The zero-order valence-corrected chi connectivity index (χ0v) is 54.1. The van der Waals surface area contributed by atoms with E-state index in [1.165, 1.54) is 32.6 Å². The fourth-order valence-electron chi connectivity index (χ4n) is 16.1. The summed E-state index contributed by atoms with van der Waals surface area (Å²) in [5.41, 5.74) is 19.9. The van der Waals surface area contributed by atoms with Crippen molar-refractivity contribution in [3.63, 3.8) is 0 Å². The second kappa shape index (κ2) is 21.2. The summed E-state index contributed by atoms with van der Waals surface area (Å²) in [6, 6.07) is 100. The van der Waals surface area contributed by atoms with E-state index in [2.05, 4.69) is 217 Å². The molecule has 0 amide bonds. The number of nitrogens with one attached hydrogen (secondary N) is 1. The number of hydrogen-bond donors (Lipinski definition) is 1. The highest BCUT2D eigenvalue weighted by Crippen LogP contribution is 2.50. The van der Waals surface area contributed by atoms with E-state index in [4.69, 9.17) is 39.9 Å². The van der Waals surface area contributed by atoms with Crippen LogP contribution in [0.1, 0.15) is 0 Å². The van der Waals surface area contributed by atoms with Gasteiger partial charge in [0.15, 0.2) is 0 Å². The van der Waals surface area contributed by atoms with E-state index in [1.807, 2.05) is 103 Å². The largest absolute Gasteiger partial charge is 0.456 e. The fourth-order valence-corrected chi connectivity index (χ4v) is 16.2. The normalized spacial score (nSPS) is 12.4. The Balaban J connectivity index is 0.000000108. The Hall–Kier alpha value is -13.6. The van der Waals surface area contributed by atoms with Gasteiger partial charge < -0.3 is 32.4 Å². The van der Waals surface area contributed by atoms with E-state index in [0.717, 1.165) is 177 Å². The van der Waals surface area contributed by atoms with Gasteiger partial charge in [0.25, 0.3) is 0 Å². The van der Waals surface area contributed by atoms with Gasteiger partial charge in [-0.05, 0) is 133 Å². The number of H-pyrrole nitrogens is 1. The molecule has 13 heteroatoms. The third-order valence-electron chi connectivity index (χ3n) is 20.3. The Kier molecular flexibility index (Phi) is 11.7. The van der Waals surface area contributed by atoms with Crippen molar-refractivity contribution >= 4 is 165 Å². The second-order valence-electron chi connectivity index (χ2n) is 25.7. The van der Waals surface area contributed by atoms with Crippen molar-refractivity contribution in [3.8, 4) is 62.8 Å². The standard InChI is InChI=1S/C44H24N4O2.C30H18N2O.C14H7ClN2O/c1-2-11-25(12-3-1)47-33-17-7-4-13-26(33)28-21-22-31-38-34(24-23-29-27-14-5-8-18-35(27)50-43(29)38)48(42(31)41(28)47)44-45-32-16-10-20-37-39(32)40(46-44)30-15-6-9-19-36(30)49-37;1-2-8-18(9-3-1)32-25-12-6-4-10-19(25)21-14-15-23-27-24(31-28(23)29(21)32)17-16-22-20-11-5-7-13-26(20)33-30(22)27;15-14-16-9-5-3-7-11-12(9)13(17-14)8-4-1-2-6-10(8)18-11/h1-24H;1-17,31H;1-7H. The summed E-state index contributed by atoms with van der Waals surface area (Å²) in [4.78, 5) is 23.1. The SMILES string of the molecule is Clc1nc2c3c(cccc3n1)Oc1ccccc1-2.c1ccc(-n2c3ccccc3c3ccc4c([nH]c5ccc6c7ccccc7oc6c54)c32)cc1.c1ccc(-n2c3ccccc3c3ccc4c5c6oc7ccccc7c6ccc5n(-c5nc6c7c(cccc7n5)Oc5ccccc5-6)c4c32)cc1. The van der Waals surface area contributed by atoms with Gasteiger partial charge in [0, 0.05) is 76.4 Å². The lowest BCUT2D eigenvalue weighted by Crippen LogP contribution is -2.07. The van der Waals surface area contributed by atoms with Gasteiger partial charge in [-0.15, -0.1) is 0 Å². The molecular weight excluding hydrogens is 1270 g/mol. The van der Waals surface area contributed by atoms with Crippen LogP contribution in [0.25, 0.3) is 193 Å². The van der Waals surface area contributed by atoms with E-state index in [1.54, 1.807) is 0 Å². The fraction of sp³-hybridized carbons (Fsp3) is 0. The number of furan rings is 2. The van der Waals surface area contributed by atoms with E-state index in [9.17, 15) is 0 Å². The van der Waals surface area contributed by atoms with Gasteiger partial charge in [-0.1, -0.05) is 170 Å². The highest BCUT2D eigenvalue weighted by Gasteiger charge is 2.30. The van der Waals surface area contributed by atoms with Crippen LogP contribution in [0, 0.1) is 0 Å². The first kappa shape index (κ1) is 55.6. The first-order chi connectivity index (χ1) is 50.0. The molecule has 2 aliphatic rings. The maximum absolute atomic E-state index is 6.72. The molecule has 14 aromatic carbocycles. The summed E-state index contributed by atoms with van der Waals surface area (Å²) in [7, 11) is 0. The van der Waals surface area contributed by atoms with Crippen LogP contribution in [0.2, 0.25) is 5.28 Å². The Bertz CT molecular complexity index is 7310. The van der Waals surface area contributed by atoms with Crippen LogP contribution in [0.5, 0.6) is 23.0 Å². The number of benzene rings is 14. The monoisotopic (exact) mass is 1320 g/mol. The molecule has 24 rings (SSSR count). The molecule has 0 fully saturated rings. The minimum absolute atomic E-state index is 0.256. The average Bonchev–Trinajstić information content (AvgIpc) is 1.53. The first-order valence-corrected chi connectivity index (χ1v) is 33.9. The molecule has 0 atom stereocenters. The van der Waals surface area contributed by atoms with Gasteiger partial charge in [-0.2, -0.15) is 0 Å². The first-order valence-electron chi connectivity index (χ1n) is 33.5. The number of fused-ring (bicyclic) bond motifs is 26. The van der Waals surface area contributed by atoms with Gasteiger partial charge in [0.1, 0.15) is 45.3 Å². The van der Waals surface area contributed by atoms with Crippen LogP contribution >= 0.6 is 11.6 Å². The smallest absolute Gasteiger partial charge is 0.235 e. The van der Waals surface area contributed by atoms with Crippen molar-refractivity contribution in [1.82, 2.24) is 38.6 Å². The van der Waals surface area contributed by atoms with Crippen molar-refractivity contribution in [3.05, 3.63) is 296 Å². The molecule has 10 heterocycles. The maximum Gasteiger partial charge on any atom is 0.235 e. The summed E-state index contributed by atoms with van der Waals surface area (Å²) in [6.45, 7) is 0. The van der Waals surface area contributed by atoms with Crippen LogP contribution < -0.4 is 9.47 Å². The second-order valence-corrected chi connectivity index (χ2v) is 26.0. The summed E-state index contributed by atoms with van der Waals surface area (Å²) >= 11 is 5.98. The van der Waals surface area contributed by atoms with Gasteiger partial charge in [-0.25, -0.2) is 19.9 Å². The number of hydrogen-bond acceptors (Lipinski definition) is 8. The molecule has 472 valence electrons. The summed E-state index contributed by atoms with van der Waals surface area (Å²) in [5.74, 6) is 3.72. The lowest BCUT2D eigenvalue weighted by Gasteiger charge is -2.21. The van der Waals surface area contributed by atoms with Gasteiger partial charge in [-0.3, -0.25) is 4.57 Å². The lowest BCUT2D eigenvalue weighted by molar-refractivity contribution is 0.486. The van der Waals surface area contributed by atoms with Gasteiger partial charge >= 0.3 is 0 Å². The van der Waals surface area contributed by atoms with E-state index < -0.39 is 0 Å². The molecule has 1 N–H and O–H groups in total. The predicted molar refractivity (Wildman–Crippen MR) is 408 cm³/mol. The predicted octanol–water partition coefficient (Wildman–Crippen LogP) is 23.9. The molecule has 101 heavy (non-hydrogen) atoms. The molecule has 22 aromatic rings. The number of aromatic amines is 1. The number of rotatable bonds is 3. The van der Waals surface area contributed by atoms with Crippen molar-refractivity contribution in [2.45, 2.75) is 0 Å². The lowest BCUT2D eigenvalue weighted by atomic mass is 10.0. The summed E-state index contributed by atoms with van der Waals surface area (Å²) < 4.78 is 32.3. The van der Waals surface area contributed by atoms with Gasteiger partial charge in [0.2, 0.25) is 11.2 Å². The van der Waals surface area contributed by atoms with Crippen LogP contribution in [0.4, 0.5) is 0 Å². The van der Waals surface area contributed by atoms with Crippen molar-refractivity contribution in [2.75, 3.05) is 0 Å². The minimum atomic E-state index is 0.256. The minimum Gasteiger partial charge on any atom is -0.456 e. The summed E-state index contributed by atoms with van der Waals surface area (Å²) in [5, 5.41) is 15.9. The molecule has 0 bridgehead atoms. The zero-order chi connectivity index (χ0) is 66.1. The maximum atomic E-state index is 6.72. The molecule has 0 radical (unpaired) electrons. The Morgan fingerprint density at radius 3 is 1.40 bits per heavy atom. The van der Waals surface area contributed by atoms with Crippen LogP contribution in [0.3, 0.4) is 0 Å². The van der Waals surface area contributed by atoms with Crippen LogP contribution in [-0.4, -0.2) is 38.6 Å². The van der Waals surface area contributed by atoms with Crippen molar-refractivity contribution in [1.29, 1.82) is 0 Å². The Morgan fingerprint density at radius 1 is 0.297 bits per heavy atom. The van der Waals surface area contributed by atoms with Crippen LogP contribution in [-0.2, 0) is 0 Å². The number of halogens is 1. The number of nitrogens with zero attached hydrogens (tertiary/aromatic N) is 7. The number of para-hydroxylation sites is 8. The molecule has 0 unspecified atom stereocenters. The summed E-state index contributed by atoms with van der Waals surface area (Å²) in [6.07, 6.45) is 0. The number of aromatic nitrogens is 8. The molecule has 0 saturated carbocycles. The van der Waals surface area contributed by atoms with E-state index in [-0.39, 0.29) is 5.28 Å². The number of ether oxygens (including phenoxy) is 2. The third kappa shape index (κ3) is 8.07. The van der Waals surface area contributed by atoms with Crippen molar-refractivity contribution < 1.29 is 18.3 Å². The Labute approximate surface area is 577 Å². The molecule has 8 aromatic heterocycles. The van der Waals surface area contributed by atoms with E-state index in [0.29, 0.717) is 5.95 Å². The molecule has 0 saturated heterocycles. The van der Waals surface area contributed by atoms with Crippen LogP contribution in [0.15, 0.2) is 300 Å². The molecule has 0 spiro atoms. The Morgan fingerprint density at radius 2 is 0.762 bits per heavy atom. The molecule has 0 aliphatic carbocycles. The molecule has 12 nitrogen and oxygen atoms in total. The van der Waals surface area contributed by atoms with Gasteiger partial charge in [0.05, 0.1) is 88.1 Å². The zero-order valence-electron chi connectivity index (χ0n) is 53.4. The average molecular weight is 1320 g/mol. The highest BCUT2D eigenvalue weighted by molar-refractivity contribution is 6.31.